The number of hydrogen-bond acceptors (Lipinski definition) is 6. The zero-order valence-electron chi connectivity index (χ0n) is 17.3. The van der Waals surface area contributed by atoms with Crippen molar-refractivity contribution in [3.05, 3.63) is 58.6 Å². The van der Waals surface area contributed by atoms with Crippen LogP contribution in [0.4, 0.5) is 0 Å². The standard InChI is InChI=1S/C22H25N3O5/c1-28-16-6-4-15(5-7-16)8-10-23-21(26)9-11-25-14-24-18-13-20(30-3)19(29-2)12-17(18)22(25)27/h4-7,12-14H,8-11H2,1-3H3,(H,23,26). The molecular formula is C22H25N3O5. The fourth-order valence-electron chi connectivity index (χ4n) is 3.09. The predicted molar refractivity (Wildman–Crippen MR) is 113 cm³/mol. The largest absolute Gasteiger partial charge is 0.497 e. The SMILES string of the molecule is COc1ccc(CCNC(=O)CCn2cnc3cc(OC)c(OC)cc3c2=O)cc1. The molecule has 0 saturated heterocycles. The van der Waals surface area contributed by atoms with Crippen LogP contribution in [0.15, 0.2) is 47.5 Å². The van der Waals surface area contributed by atoms with Crippen molar-refractivity contribution in [3.63, 3.8) is 0 Å². The highest BCUT2D eigenvalue weighted by molar-refractivity contribution is 5.81. The highest BCUT2D eigenvalue weighted by atomic mass is 16.5. The molecule has 0 aliphatic rings. The molecule has 1 aromatic heterocycles. The van der Waals surface area contributed by atoms with Gasteiger partial charge in [-0.15, -0.1) is 0 Å². The van der Waals surface area contributed by atoms with Gasteiger partial charge in [-0.25, -0.2) is 4.98 Å². The number of methoxy groups -OCH3 is 3. The van der Waals surface area contributed by atoms with Crippen molar-refractivity contribution < 1.29 is 19.0 Å². The van der Waals surface area contributed by atoms with E-state index in [-0.39, 0.29) is 24.4 Å². The van der Waals surface area contributed by atoms with Gasteiger partial charge in [-0.3, -0.25) is 14.2 Å². The van der Waals surface area contributed by atoms with Gasteiger partial charge in [-0.1, -0.05) is 12.1 Å². The monoisotopic (exact) mass is 411 g/mol. The number of fused-ring (bicyclic) bond motifs is 1. The fourth-order valence-corrected chi connectivity index (χ4v) is 3.09. The van der Waals surface area contributed by atoms with E-state index in [0.29, 0.717) is 28.9 Å². The van der Waals surface area contributed by atoms with Crippen LogP contribution in [0.5, 0.6) is 17.2 Å². The first kappa shape index (κ1) is 21.2. The minimum Gasteiger partial charge on any atom is -0.497 e. The van der Waals surface area contributed by atoms with Gasteiger partial charge < -0.3 is 19.5 Å². The van der Waals surface area contributed by atoms with Crippen LogP contribution in [0.3, 0.4) is 0 Å². The molecule has 0 fully saturated rings. The summed E-state index contributed by atoms with van der Waals surface area (Å²) in [5.41, 5.74) is 1.39. The van der Waals surface area contributed by atoms with Crippen molar-refractivity contribution in [3.8, 4) is 17.2 Å². The van der Waals surface area contributed by atoms with Crippen molar-refractivity contribution in [1.82, 2.24) is 14.9 Å². The lowest BCUT2D eigenvalue weighted by Gasteiger charge is -2.11. The smallest absolute Gasteiger partial charge is 0.261 e. The van der Waals surface area contributed by atoms with E-state index in [2.05, 4.69) is 10.3 Å². The highest BCUT2D eigenvalue weighted by Gasteiger charge is 2.12. The van der Waals surface area contributed by atoms with Crippen LogP contribution >= 0.6 is 0 Å². The molecule has 1 N–H and O–H groups in total. The van der Waals surface area contributed by atoms with Gasteiger partial charge in [0.05, 0.1) is 38.6 Å². The van der Waals surface area contributed by atoms with Gasteiger partial charge in [0.1, 0.15) is 5.75 Å². The first-order valence-corrected chi connectivity index (χ1v) is 9.56. The van der Waals surface area contributed by atoms with Crippen LogP contribution < -0.4 is 25.1 Å². The van der Waals surface area contributed by atoms with Crippen LogP contribution in [-0.4, -0.2) is 43.3 Å². The third-order valence-electron chi connectivity index (χ3n) is 4.80. The lowest BCUT2D eigenvalue weighted by Crippen LogP contribution is -2.29. The van der Waals surface area contributed by atoms with Crippen LogP contribution in [0.1, 0.15) is 12.0 Å². The molecule has 0 saturated carbocycles. The molecule has 0 radical (unpaired) electrons. The van der Waals surface area contributed by atoms with E-state index in [1.165, 1.54) is 25.1 Å². The molecule has 0 unspecified atom stereocenters. The Kier molecular flexibility index (Phi) is 6.90. The summed E-state index contributed by atoms with van der Waals surface area (Å²) in [5.74, 6) is 1.64. The minimum absolute atomic E-state index is 0.122. The van der Waals surface area contributed by atoms with E-state index < -0.39 is 0 Å². The molecule has 0 aliphatic heterocycles. The Balaban J connectivity index is 1.58. The predicted octanol–water partition coefficient (Wildman–Crippen LogP) is 2.17. The summed E-state index contributed by atoms with van der Waals surface area (Å²) < 4.78 is 17.1. The first-order chi connectivity index (χ1) is 14.5. The fraction of sp³-hybridized carbons (Fsp3) is 0.318. The topological polar surface area (TPSA) is 91.7 Å². The van der Waals surface area contributed by atoms with Crippen LogP contribution in [-0.2, 0) is 17.8 Å². The van der Waals surface area contributed by atoms with E-state index in [9.17, 15) is 9.59 Å². The number of aromatic nitrogens is 2. The summed E-state index contributed by atoms with van der Waals surface area (Å²) in [6.07, 6.45) is 2.35. The molecule has 0 spiro atoms. The number of hydrogen-bond donors (Lipinski definition) is 1. The molecule has 1 amide bonds. The minimum atomic E-state index is -0.230. The summed E-state index contributed by atoms with van der Waals surface area (Å²) >= 11 is 0. The van der Waals surface area contributed by atoms with Gasteiger partial charge in [0, 0.05) is 25.6 Å². The number of benzene rings is 2. The molecule has 0 aliphatic carbocycles. The number of nitrogens with one attached hydrogen (secondary N) is 1. The molecule has 8 heteroatoms. The Hall–Kier alpha value is -3.55. The normalized spacial score (nSPS) is 10.6. The summed E-state index contributed by atoms with van der Waals surface area (Å²) in [4.78, 5) is 29.2. The molecule has 1 heterocycles. The third-order valence-corrected chi connectivity index (χ3v) is 4.80. The molecular weight excluding hydrogens is 386 g/mol. The van der Waals surface area contributed by atoms with Crippen LogP contribution in [0.2, 0.25) is 0 Å². The second kappa shape index (κ2) is 9.78. The molecule has 2 aromatic carbocycles. The van der Waals surface area contributed by atoms with Crippen molar-refractivity contribution in [1.29, 1.82) is 0 Å². The van der Waals surface area contributed by atoms with Gasteiger partial charge in [-0.05, 0) is 30.2 Å². The third kappa shape index (κ3) is 4.89. The van der Waals surface area contributed by atoms with E-state index in [0.717, 1.165) is 17.7 Å². The van der Waals surface area contributed by atoms with Gasteiger partial charge in [0.15, 0.2) is 11.5 Å². The summed E-state index contributed by atoms with van der Waals surface area (Å²) in [5, 5.41) is 3.29. The van der Waals surface area contributed by atoms with E-state index in [1.807, 2.05) is 24.3 Å². The van der Waals surface area contributed by atoms with Gasteiger partial charge >= 0.3 is 0 Å². The number of nitrogens with zero attached hydrogens (tertiary/aromatic N) is 2. The lowest BCUT2D eigenvalue weighted by atomic mass is 10.1. The Morgan fingerprint density at radius 2 is 1.73 bits per heavy atom. The molecule has 3 aromatic rings. The maximum Gasteiger partial charge on any atom is 0.261 e. The lowest BCUT2D eigenvalue weighted by molar-refractivity contribution is -0.121. The first-order valence-electron chi connectivity index (χ1n) is 9.56. The summed E-state index contributed by atoms with van der Waals surface area (Å²) in [6, 6.07) is 11.0. The second-order valence-electron chi connectivity index (χ2n) is 6.67. The quantitative estimate of drug-likeness (QED) is 0.580. The van der Waals surface area contributed by atoms with Crippen molar-refractivity contribution >= 4 is 16.8 Å². The van der Waals surface area contributed by atoms with Crippen LogP contribution in [0, 0.1) is 0 Å². The number of carbonyl (C=O) groups excluding carboxylic acids is 1. The van der Waals surface area contributed by atoms with Crippen LogP contribution in [0.25, 0.3) is 10.9 Å². The Bertz CT molecular complexity index is 1080. The molecule has 0 atom stereocenters. The van der Waals surface area contributed by atoms with Crippen molar-refractivity contribution in [2.75, 3.05) is 27.9 Å². The molecule has 8 nitrogen and oxygen atoms in total. The molecule has 158 valence electrons. The number of carbonyl (C=O) groups is 1. The van der Waals surface area contributed by atoms with Gasteiger partial charge in [0.2, 0.25) is 5.91 Å². The number of amides is 1. The second-order valence-corrected chi connectivity index (χ2v) is 6.67. The van der Waals surface area contributed by atoms with E-state index in [1.54, 1.807) is 19.2 Å². The number of ether oxygens (including phenoxy) is 3. The molecule has 3 rings (SSSR count). The molecule has 30 heavy (non-hydrogen) atoms. The Morgan fingerprint density at radius 1 is 1.03 bits per heavy atom. The zero-order chi connectivity index (χ0) is 21.5. The maximum absolute atomic E-state index is 12.7. The molecule has 0 bridgehead atoms. The summed E-state index contributed by atoms with van der Waals surface area (Å²) in [6.45, 7) is 0.761. The van der Waals surface area contributed by atoms with E-state index >= 15 is 0 Å². The average molecular weight is 411 g/mol. The average Bonchev–Trinajstić information content (AvgIpc) is 2.78. The number of aryl methyl sites for hydroxylation is 1. The highest BCUT2D eigenvalue weighted by Crippen LogP contribution is 2.29. The Morgan fingerprint density at radius 3 is 2.40 bits per heavy atom. The van der Waals surface area contributed by atoms with Gasteiger partial charge in [0.25, 0.3) is 5.56 Å². The van der Waals surface area contributed by atoms with Crippen molar-refractivity contribution in [2.45, 2.75) is 19.4 Å². The summed E-state index contributed by atoms with van der Waals surface area (Å²) in [7, 11) is 4.66. The van der Waals surface area contributed by atoms with Crippen molar-refractivity contribution in [2.24, 2.45) is 0 Å². The Labute approximate surface area is 174 Å². The zero-order valence-corrected chi connectivity index (χ0v) is 17.3. The number of rotatable bonds is 9. The van der Waals surface area contributed by atoms with Gasteiger partial charge in [-0.2, -0.15) is 0 Å². The van der Waals surface area contributed by atoms with E-state index in [4.69, 9.17) is 14.2 Å². The maximum atomic E-state index is 12.7.